The highest BCUT2D eigenvalue weighted by Crippen LogP contribution is 2.15. The quantitative estimate of drug-likeness (QED) is 0.112. The van der Waals surface area contributed by atoms with Gasteiger partial charge in [0, 0.05) is 19.1 Å². The van der Waals surface area contributed by atoms with Crippen LogP contribution in [0.4, 0.5) is 0 Å². The smallest absolute Gasteiger partial charge is 0.328 e. The number of rotatable bonds is 22. The van der Waals surface area contributed by atoms with Gasteiger partial charge in [-0.05, 0) is 45.1 Å². The molecule has 1 N–H and O–H groups in total. The second-order valence-electron chi connectivity index (χ2n) is 8.15. The molecule has 0 radical (unpaired) electrons. The maximum atomic E-state index is 11.8. The normalized spacial score (nSPS) is 12.7. The largest absolute Gasteiger partial charge is 0.478 e. The van der Waals surface area contributed by atoms with Crippen molar-refractivity contribution in [1.29, 1.82) is 0 Å². The number of ether oxygens (including phenoxy) is 1. The van der Waals surface area contributed by atoms with Crippen molar-refractivity contribution in [3.63, 3.8) is 0 Å². The predicted octanol–water partition coefficient (Wildman–Crippen LogP) is 7.42. The molecule has 0 aromatic heterocycles. The van der Waals surface area contributed by atoms with Crippen LogP contribution in [0.2, 0.25) is 0 Å². The van der Waals surface area contributed by atoms with Gasteiger partial charge in [0.1, 0.15) is 0 Å². The molecule has 0 fully saturated rings. The summed E-state index contributed by atoms with van der Waals surface area (Å²) in [6.07, 6.45) is 25.7. The first-order chi connectivity index (χ1) is 14.6. The Bertz CT molecular complexity index is 468. The van der Waals surface area contributed by atoms with Gasteiger partial charge in [0.2, 0.25) is 0 Å². The molecule has 0 aliphatic heterocycles. The van der Waals surface area contributed by atoms with Crippen LogP contribution < -0.4 is 0 Å². The van der Waals surface area contributed by atoms with Crippen LogP contribution in [0.15, 0.2) is 24.3 Å². The number of carboxylic acids is 1. The SMILES string of the molecule is CCCCC/C=C\CCCCCCCCCCCC(CC(=O)/C=C/C(=O)O)OCC. The topological polar surface area (TPSA) is 63.6 Å². The van der Waals surface area contributed by atoms with E-state index >= 15 is 0 Å². The van der Waals surface area contributed by atoms with Gasteiger partial charge in [-0.15, -0.1) is 0 Å². The molecule has 1 atom stereocenters. The summed E-state index contributed by atoms with van der Waals surface area (Å²) < 4.78 is 5.64. The Balaban J connectivity index is 3.55. The van der Waals surface area contributed by atoms with Crippen LogP contribution in [0.1, 0.15) is 117 Å². The Labute approximate surface area is 185 Å². The van der Waals surface area contributed by atoms with Crippen LogP contribution in [0, 0.1) is 0 Å². The average molecular weight is 423 g/mol. The number of carboxylic acid groups (broad SMARTS) is 1. The van der Waals surface area contributed by atoms with E-state index in [1.54, 1.807) is 0 Å². The zero-order valence-corrected chi connectivity index (χ0v) is 19.6. The molecule has 4 heteroatoms. The molecule has 0 aromatic carbocycles. The molecule has 30 heavy (non-hydrogen) atoms. The van der Waals surface area contributed by atoms with Crippen molar-refractivity contribution in [3.8, 4) is 0 Å². The lowest BCUT2D eigenvalue weighted by Crippen LogP contribution is -2.17. The van der Waals surface area contributed by atoms with Crippen LogP contribution in [-0.2, 0) is 14.3 Å². The lowest BCUT2D eigenvalue weighted by molar-refractivity contribution is -0.131. The molecule has 0 amide bonds. The third kappa shape index (κ3) is 21.3. The first kappa shape index (κ1) is 28.6. The maximum Gasteiger partial charge on any atom is 0.328 e. The van der Waals surface area contributed by atoms with Crippen molar-refractivity contribution in [2.75, 3.05) is 6.61 Å². The highest BCUT2D eigenvalue weighted by Gasteiger charge is 2.12. The Morgan fingerprint density at radius 3 is 1.83 bits per heavy atom. The van der Waals surface area contributed by atoms with Crippen LogP contribution in [-0.4, -0.2) is 29.6 Å². The highest BCUT2D eigenvalue weighted by molar-refractivity contribution is 5.95. The van der Waals surface area contributed by atoms with E-state index in [0.29, 0.717) is 6.61 Å². The number of allylic oxidation sites excluding steroid dienone is 3. The van der Waals surface area contributed by atoms with Gasteiger partial charge >= 0.3 is 5.97 Å². The number of ketones is 1. The van der Waals surface area contributed by atoms with Gasteiger partial charge in [-0.25, -0.2) is 4.79 Å². The molecule has 1 unspecified atom stereocenters. The number of hydrogen-bond acceptors (Lipinski definition) is 3. The van der Waals surface area contributed by atoms with E-state index in [2.05, 4.69) is 19.1 Å². The minimum Gasteiger partial charge on any atom is -0.478 e. The van der Waals surface area contributed by atoms with Crippen molar-refractivity contribution >= 4 is 11.8 Å². The number of carbonyl (C=O) groups excluding carboxylic acids is 1. The summed E-state index contributed by atoms with van der Waals surface area (Å²) in [6, 6.07) is 0. The fraction of sp³-hybridized carbons (Fsp3) is 0.769. The molecule has 0 heterocycles. The van der Waals surface area contributed by atoms with E-state index in [-0.39, 0.29) is 18.3 Å². The molecular weight excluding hydrogens is 376 g/mol. The molecular formula is C26H46O4. The minimum atomic E-state index is -1.09. The van der Waals surface area contributed by atoms with Crippen LogP contribution in [0.25, 0.3) is 0 Å². The first-order valence-corrected chi connectivity index (χ1v) is 12.3. The summed E-state index contributed by atoms with van der Waals surface area (Å²) in [5.74, 6) is -1.27. The monoisotopic (exact) mass is 422 g/mol. The van der Waals surface area contributed by atoms with E-state index in [9.17, 15) is 9.59 Å². The van der Waals surface area contributed by atoms with Gasteiger partial charge in [-0.1, -0.05) is 83.3 Å². The third-order valence-corrected chi connectivity index (χ3v) is 5.28. The van der Waals surface area contributed by atoms with Gasteiger partial charge in [0.25, 0.3) is 0 Å². The minimum absolute atomic E-state index is 0.0957. The summed E-state index contributed by atoms with van der Waals surface area (Å²) in [6.45, 7) is 4.75. The van der Waals surface area contributed by atoms with Crippen LogP contribution in [0.3, 0.4) is 0 Å². The Morgan fingerprint density at radius 1 is 0.767 bits per heavy atom. The fourth-order valence-corrected chi connectivity index (χ4v) is 3.56. The molecule has 4 nitrogen and oxygen atoms in total. The molecule has 0 saturated carbocycles. The zero-order valence-electron chi connectivity index (χ0n) is 19.6. The van der Waals surface area contributed by atoms with Crippen molar-refractivity contribution in [1.82, 2.24) is 0 Å². The van der Waals surface area contributed by atoms with E-state index < -0.39 is 5.97 Å². The third-order valence-electron chi connectivity index (χ3n) is 5.28. The van der Waals surface area contributed by atoms with Gasteiger partial charge in [-0.2, -0.15) is 0 Å². The number of aliphatic carboxylic acids is 1. The summed E-state index contributed by atoms with van der Waals surface area (Å²) in [7, 11) is 0. The Kier molecular flexibility index (Phi) is 21.2. The zero-order chi connectivity index (χ0) is 22.3. The van der Waals surface area contributed by atoms with Gasteiger partial charge < -0.3 is 9.84 Å². The maximum absolute atomic E-state index is 11.8. The summed E-state index contributed by atoms with van der Waals surface area (Å²) in [5.41, 5.74) is 0. The van der Waals surface area contributed by atoms with Crippen molar-refractivity contribution in [2.45, 2.75) is 123 Å². The molecule has 0 rings (SSSR count). The predicted molar refractivity (Wildman–Crippen MR) is 126 cm³/mol. The number of hydrogen-bond donors (Lipinski definition) is 1. The first-order valence-electron chi connectivity index (χ1n) is 12.3. The molecule has 0 spiro atoms. The second-order valence-corrected chi connectivity index (χ2v) is 8.15. The standard InChI is InChI=1S/C26H46O4/c1-3-5-6-7-8-9-10-11-12-13-14-15-16-17-18-19-20-25(30-4-2)23-24(27)21-22-26(28)29/h8-9,21-22,25H,3-7,10-20,23H2,1-2H3,(H,28,29)/b9-8-,22-21+. The van der Waals surface area contributed by atoms with Gasteiger partial charge in [0.05, 0.1) is 6.10 Å². The molecule has 0 aliphatic carbocycles. The Morgan fingerprint density at radius 2 is 1.30 bits per heavy atom. The summed E-state index contributed by atoms with van der Waals surface area (Å²) >= 11 is 0. The van der Waals surface area contributed by atoms with Crippen molar-refractivity contribution < 1.29 is 19.4 Å². The van der Waals surface area contributed by atoms with Gasteiger partial charge in [-0.3, -0.25) is 4.79 Å². The van der Waals surface area contributed by atoms with E-state index in [1.807, 2.05) is 6.92 Å². The Hall–Kier alpha value is -1.42. The van der Waals surface area contributed by atoms with Crippen molar-refractivity contribution in [2.24, 2.45) is 0 Å². The van der Waals surface area contributed by atoms with Gasteiger partial charge in [0.15, 0.2) is 5.78 Å². The van der Waals surface area contributed by atoms with E-state index in [1.165, 1.54) is 83.5 Å². The van der Waals surface area contributed by atoms with Crippen LogP contribution >= 0.6 is 0 Å². The summed E-state index contributed by atoms with van der Waals surface area (Å²) in [5, 5.41) is 8.59. The second kappa shape index (κ2) is 22.3. The molecule has 0 bridgehead atoms. The lowest BCUT2D eigenvalue weighted by Gasteiger charge is -2.15. The fourth-order valence-electron chi connectivity index (χ4n) is 3.56. The average Bonchev–Trinajstić information content (AvgIpc) is 2.72. The van der Waals surface area contributed by atoms with Crippen molar-refractivity contribution in [3.05, 3.63) is 24.3 Å². The number of carbonyl (C=O) groups is 2. The lowest BCUT2D eigenvalue weighted by atomic mass is 10.0. The molecule has 0 saturated heterocycles. The number of unbranched alkanes of at least 4 members (excludes halogenated alkanes) is 12. The molecule has 174 valence electrons. The van der Waals surface area contributed by atoms with Crippen LogP contribution in [0.5, 0.6) is 0 Å². The summed E-state index contributed by atoms with van der Waals surface area (Å²) in [4.78, 5) is 22.3. The molecule has 0 aliphatic rings. The highest BCUT2D eigenvalue weighted by atomic mass is 16.5. The van der Waals surface area contributed by atoms with E-state index in [4.69, 9.17) is 9.84 Å². The molecule has 0 aromatic rings. The van der Waals surface area contributed by atoms with E-state index in [0.717, 1.165) is 25.0 Å².